The number of fused-ring (bicyclic) bond motifs is 1. The minimum atomic E-state index is -0.208. The van der Waals surface area contributed by atoms with E-state index in [1.807, 2.05) is 19.1 Å². The largest absolute Gasteiger partial charge is 0.298 e. The van der Waals surface area contributed by atoms with E-state index in [1.54, 1.807) is 24.5 Å². The van der Waals surface area contributed by atoms with Crippen molar-refractivity contribution in [2.24, 2.45) is 0 Å². The Bertz CT molecular complexity index is 747. The van der Waals surface area contributed by atoms with E-state index in [2.05, 4.69) is 15.3 Å². The first-order valence-corrected chi connectivity index (χ1v) is 7.11. The number of aromatic nitrogens is 2. The van der Waals surface area contributed by atoms with Crippen molar-refractivity contribution in [3.8, 4) is 0 Å². The fourth-order valence-corrected chi connectivity index (χ4v) is 3.04. The van der Waals surface area contributed by atoms with E-state index in [9.17, 15) is 4.79 Å². The van der Waals surface area contributed by atoms with Gasteiger partial charge in [0.1, 0.15) is 0 Å². The van der Waals surface area contributed by atoms with E-state index < -0.39 is 0 Å². The van der Waals surface area contributed by atoms with E-state index >= 15 is 0 Å². The summed E-state index contributed by atoms with van der Waals surface area (Å²) in [7, 11) is 0. The summed E-state index contributed by atoms with van der Waals surface area (Å²) in [5.41, 5.74) is 2.40. The van der Waals surface area contributed by atoms with Crippen molar-refractivity contribution in [3.05, 3.63) is 52.8 Å². The Labute approximate surface area is 124 Å². The van der Waals surface area contributed by atoms with Crippen LogP contribution < -0.4 is 5.32 Å². The van der Waals surface area contributed by atoms with Crippen molar-refractivity contribution >= 4 is 44.2 Å². The van der Waals surface area contributed by atoms with Gasteiger partial charge in [-0.3, -0.25) is 15.1 Å². The maximum atomic E-state index is 12.1. The summed E-state index contributed by atoms with van der Waals surface area (Å²) in [4.78, 5) is 20.4. The highest BCUT2D eigenvalue weighted by Gasteiger charge is 2.12. The maximum Gasteiger partial charge on any atom is 0.257 e. The topological polar surface area (TPSA) is 54.9 Å². The fourth-order valence-electron chi connectivity index (χ4n) is 1.83. The van der Waals surface area contributed by atoms with E-state index in [4.69, 9.17) is 11.6 Å². The van der Waals surface area contributed by atoms with E-state index in [0.29, 0.717) is 15.7 Å². The Hall–Kier alpha value is -1.98. The molecule has 0 unspecified atom stereocenters. The number of benzene rings is 1. The van der Waals surface area contributed by atoms with Gasteiger partial charge in [-0.15, -0.1) is 0 Å². The molecule has 0 atom stereocenters. The molecule has 0 fully saturated rings. The van der Waals surface area contributed by atoms with Crippen molar-refractivity contribution < 1.29 is 4.79 Å². The third kappa shape index (κ3) is 2.37. The first-order valence-electron chi connectivity index (χ1n) is 5.92. The second-order valence-electron chi connectivity index (χ2n) is 4.25. The predicted octanol–water partition coefficient (Wildman–Crippen LogP) is 3.91. The standard InChI is InChI=1S/C14H10ClN3OS/c1-8-2-3-10(15)12-11(8)17-14(20-12)18-13(19)9-4-6-16-7-5-9/h2-7H,1H3,(H,17,18,19). The van der Waals surface area contributed by atoms with Gasteiger partial charge in [-0.25, -0.2) is 4.98 Å². The van der Waals surface area contributed by atoms with Crippen LogP contribution in [0.1, 0.15) is 15.9 Å². The highest BCUT2D eigenvalue weighted by atomic mass is 35.5. The number of pyridine rings is 1. The van der Waals surface area contributed by atoms with Gasteiger partial charge in [0.2, 0.25) is 0 Å². The molecule has 0 spiro atoms. The lowest BCUT2D eigenvalue weighted by Gasteiger charge is -1.99. The first kappa shape index (κ1) is 13.0. The molecule has 0 saturated carbocycles. The van der Waals surface area contributed by atoms with Gasteiger partial charge in [0.05, 0.1) is 15.2 Å². The van der Waals surface area contributed by atoms with Crippen LogP contribution in [0.25, 0.3) is 10.2 Å². The van der Waals surface area contributed by atoms with E-state index in [0.717, 1.165) is 15.8 Å². The van der Waals surface area contributed by atoms with Crippen LogP contribution in [0.15, 0.2) is 36.7 Å². The summed E-state index contributed by atoms with van der Waals surface area (Å²) >= 11 is 7.52. The van der Waals surface area contributed by atoms with E-state index in [-0.39, 0.29) is 5.91 Å². The lowest BCUT2D eigenvalue weighted by molar-refractivity contribution is 0.102. The molecular formula is C14H10ClN3OS. The molecule has 0 bridgehead atoms. The van der Waals surface area contributed by atoms with Crippen molar-refractivity contribution in [1.82, 2.24) is 9.97 Å². The highest BCUT2D eigenvalue weighted by molar-refractivity contribution is 7.23. The zero-order valence-corrected chi connectivity index (χ0v) is 12.1. The molecule has 2 aromatic heterocycles. The molecule has 1 aromatic carbocycles. The van der Waals surface area contributed by atoms with Gasteiger partial charge in [-0.1, -0.05) is 29.0 Å². The molecule has 6 heteroatoms. The molecule has 0 radical (unpaired) electrons. The summed E-state index contributed by atoms with van der Waals surface area (Å²) in [5, 5.41) is 3.97. The Morgan fingerprint density at radius 1 is 1.25 bits per heavy atom. The number of carbonyl (C=O) groups excluding carboxylic acids is 1. The second kappa shape index (κ2) is 5.19. The third-order valence-electron chi connectivity index (χ3n) is 2.86. The molecule has 2 heterocycles. The average molecular weight is 304 g/mol. The first-order chi connectivity index (χ1) is 9.65. The summed E-state index contributed by atoms with van der Waals surface area (Å²) < 4.78 is 0.886. The SMILES string of the molecule is Cc1ccc(Cl)c2sc(NC(=O)c3ccncc3)nc12. The van der Waals surface area contributed by atoms with Crippen LogP contribution in [-0.2, 0) is 0 Å². The maximum absolute atomic E-state index is 12.1. The predicted molar refractivity (Wildman–Crippen MR) is 81.6 cm³/mol. The van der Waals surface area contributed by atoms with Crippen molar-refractivity contribution in [1.29, 1.82) is 0 Å². The molecule has 0 aliphatic heterocycles. The molecule has 4 nitrogen and oxygen atoms in total. The summed E-state index contributed by atoms with van der Waals surface area (Å²) in [6, 6.07) is 7.06. The van der Waals surface area contributed by atoms with Gasteiger partial charge in [-0.05, 0) is 30.7 Å². The van der Waals surface area contributed by atoms with Crippen molar-refractivity contribution in [2.75, 3.05) is 5.32 Å². The molecule has 1 amide bonds. The van der Waals surface area contributed by atoms with Crippen LogP contribution in [0.4, 0.5) is 5.13 Å². The number of hydrogen-bond donors (Lipinski definition) is 1. The number of carbonyl (C=O) groups is 1. The number of rotatable bonds is 2. The minimum absolute atomic E-state index is 0.208. The van der Waals surface area contributed by atoms with Gasteiger partial charge in [-0.2, -0.15) is 0 Å². The van der Waals surface area contributed by atoms with Crippen molar-refractivity contribution in [3.63, 3.8) is 0 Å². The van der Waals surface area contributed by atoms with Gasteiger partial charge in [0.25, 0.3) is 5.91 Å². The quantitative estimate of drug-likeness (QED) is 0.781. The lowest BCUT2D eigenvalue weighted by Crippen LogP contribution is -2.11. The number of thiazole rings is 1. The smallest absolute Gasteiger partial charge is 0.257 e. The lowest BCUT2D eigenvalue weighted by atomic mass is 10.2. The molecule has 3 rings (SSSR count). The number of aryl methyl sites for hydroxylation is 1. The summed E-state index contributed by atoms with van der Waals surface area (Å²) in [6.07, 6.45) is 3.16. The van der Waals surface area contributed by atoms with E-state index in [1.165, 1.54) is 11.3 Å². The van der Waals surface area contributed by atoms with Gasteiger partial charge in [0.15, 0.2) is 5.13 Å². The summed E-state index contributed by atoms with van der Waals surface area (Å²) in [5.74, 6) is -0.208. The Balaban J connectivity index is 1.94. The molecule has 20 heavy (non-hydrogen) atoms. The van der Waals surface area contributed by atoms with Gasteiger partial charge < -0.3 is 0 Å². The molecule has 100 valence electrons. The Morgan fingerprint density at radius 2 is 2.00 bits per heavy atom. The van der Waals surface area contributed by atoms with Crippen LogP contribution in [0.3, 0.4) is 0 Å². The number of anilines is 1. The monoisotopic (exact) mass is 303 g/mol. The Morgan fingerprint density at radius 3 is 2.70 bits per heavy atom. The normalized spacial score (nSPS) is 10.7. The van der Waals surface area contributed by atoms with Gasteiger partial charge >= 0.3 is 0 Å². The molecule has 0 saturated heterocycles. The van der Waals surface area contributed by atoms with Crippen LogP contribution >= 0.6 is 22.9 Å². The highest BCUT2D eigenvalue weighted by Crippen LogP contribution is 2.33. The molecule has 3 aromatic rings. The second-order valence-corrected chi connectivity index (χ2v) is 5.66. The van der Waals surface area contributed by atoms with Crippen LogP contribution in [0, 0.1) is 6.92 Å². The summed E-state index contributed by atoms with van der Waals surface area (Å²) in [6.45, 7) is 1.97. The molecular weight excluding hydrogens is 294 g/mol. The van der Waals surface area contributed by atoms with Gasteiger partial charge in [0, 0.05) is 18.0 Å². The number of halogens is 1. The fraction of sp³-hybridized carbons (Fsp3) is 0.0714. The van der Waals surface area contributed by atoms with Crippen molar-refractivity contribution in [2.45, 2.75) is 6.92 Å². The zero-order chi connectivity index (χ0) is 14.1. The van der Waals surface area contributed by atoms with Crippen LogP contribution in [0.2, 0.25) is 5.02 Å². The van der Waals surface area contributed by atoms with Crippen LogP contribution in [-0.4, -0.2) is 15.9 Å². The number of nitrogens with zero attached hydrogens (tertiary/aromatic N) is 2. The number of nitrogens with one attached hydrogen (secondary N) is 1. The average Bonchev–Trinajstić information content (AvgIpc) is 2.89. The third-order valence-corrected chi connectivity index (χ3v) is 4.29. The number of amides is 1. The molecule has 1 N–H and O–H groups in total. The van der Waals surface area contributed by atoms with Crippen LogP contribution in [0.5, 0.6) is 0 Å². The number of hydrogen-bond acceptors (Lipinski definition) is 4. The minimum Gasteiger partial charge on any atom is -0.298 e. The molecule has 0 aliphatic carbocycles. The Kier molecular flexibility index (Phi) is 3.38. The molecule has 0 aliphatic rings. The zero-order valence-electron chi connectivity index (χ0n) is 10.6.